The highest BCUT2D eigenvalue weighted by atomic mass is 32.1. The van der Waals surface area contributed by atoms with Crippen LogP contribution in [0.4, 0.5) is 11.8 Å². The first kappa shape index (κ1) is 15.5. The summed E-state index contributed by atoms with van der Waals surface area (Å²) in [6, 6.07) is 1.46. The summed E-state index contributed by atoms with van der Waals surface area (Å²) in [7, 11) is 0. The minimum atomic E-state index is -0.245. The maximum absolute atomic E-state index is 11.9. The number of amides is 1. The molecule has 3 heterocycles. The number of nitrogens with zero attached hydrogens (tertiary/aromatic N) is 3. The molecule has 9 heteroatoms. The van der Waals surface area contributed by atoms with Gasteiger partial charge in [0.05, 0.1) is 5.51 Å². The first-order valence-electron chi connectivity index (χ1n) is 7.40. The summed E-state index contributed by atoms with van der Waals surface area (Å²) in [5.74, 6) is 1.02. The number of rotatable bonds is 4. The average molecular weight is 334 g/mol. The number of nitrogen functional groups attached to an aromatic ring is 1. The Morgan fingerprint density at radius 2 is 2.26 bits per heavy atom. The third kappa shape index (κ3) is 3.86. The van der Waals surface area contributed by atoms with Gasteiger partial charge in [0.2, 0.25) is 5.95 Å². The van der Waals surface area contributed by atoms with E-state index < -0.39 is 0 Å². The molecule has 2 aromatic rings. The molecular weight excluding hydrogens is 316 g/mol. The number of aromatic nitrogens is 3. The van der Waals surface area contributed by atoms with E-state index in [-0.39, 0.29) is 17.4 Å². The second kappa shape index (κ2) is 6.78. The second-order valence-electron chi connectivity index (χ2n) is 5.50. The van der Waals surface area contributed by atoms with Crippen molar-refractivity contribution in [2.75, 3.05) is 30.3 Å². The van der Waals surface area contributed by atoms with Crippen LogP contribution in [0.25, 0.3) is 0 Å². The first-order chi connectivity index (χ1) is 11.1. The molecule has 1 saturated heterocycles. The Morgan fingerprint density at radius 1 is 1.48 bits per heavy atom. The smallest absolute Gasteiger partial charge is 0.270 e. The van der Waals surface area contributed by atoms with Crippen molar-refractivity contribution in [3.8, 4) is 0 Å². The summed E-state index contributed by atoms with van der Waals surface area (Å²) in [5.41, 5.74) is 7.44. The van der Waals surface area contributed by atoms with Crippen LogP contribution < -0.4 is 21.5 Å². The standard InChI is InChI=1S/C14H18N6O2S/c15-14-18-11(5-12(21)19-14)20-3-1-9(2-4-20)6-16-13(22)10-7-23-8-17-10/h5,7-9H,1-4,6H2,(H,16,22)(H3,15,18,19,21). The Bertz CT molecular complexity index is 721. The number of nitrogens with one attached hydrogen (secondary N) is 2. The van der Waals surface area contributed by atoms with Gasteiger partial charge >= 0.3 is 0 Å². The largest absolute Gasteiger partial charge is 0.369 e. The Kier molecular flexibility index (Phi) is 4.56. The topological polar surface area (TPSA) is 117 Å². The quantitative estimate of drug-likeness (QED) is 0.747. The molecule has 1 aliphatic heterocycles. The molecule has 3 rings (SSSR count). The lowest BCUT2D eigenvalue weighted by atomic mass is 9.97. The number of anilines is 2. The molecule has 122 valence electrons. The molecule has 1 amide bonds. The Morgan fingerprint density at radius 3 is 2.91 bits per heavy atom. The predicted octanol–water partition coefficient (Wildman–Crippen LogP) is 0.455. The zero-order valence-corrected chi connectivity index (χ0v) is 13.3. The molecule has 4 N–H and O–H groups in total. The van der Waals surface area contributed by atoms with Crippen molar-refractivity contribution in [2.24, 2.45) is 5.92 Å². The van der Waals surface area contributed by atoms with Gasteiger partial charge in [-0.2, -0.15) is 4.98 Å². The normalized spacial score (nSPS) is 15.6. The third-order valence-corrected chi connectivity index (χ3v) is 4.49. The SMILES string of the molecule is Nc1nc(N2CCC(CNC(=O)c3cscn3)CC2)cc(=O)[nH]1. The van der Waals surface area contributed by atoms with Crippen LogP contribution in [0, 0.1) is 5.92 Å². The van der Waals surface area contributed by atoms with Gasteiger partial charge in [0.15, 0.2) is 0 Å². The van der Waals surface area contributed by atoms with Gasteiger partial charge < -0.3 is 16.0 Å². The molecule has 0 spiro atoms. The van der Waals surface area contributed by atoms with Crippen LogP contribution in [0.15, 0.2) is 21.8 Å². The lowest BCUT2D eigenvalue weighted by Crippen LogP contribution is -2.39. The Balaban J connectivity index is 1.50. The van der Waals surface area contributed by atoms with E-state index in [1.165, 1.54) is 17.4 Å². The van der Waals surface area contributed by atoms with Crippen molar-refractivity contribution < 1.29 is 4.79 Å². The lowest BCUT2D eigenvalue weighted by molar-refractivity contribution is 0.0940. The van der Waals surface area contributed by atoms with Gasteiger partial charge in [0.1, 0.15) is 11.5 Å². The number of thiazole rings is 1. The zero-order valence-electron chi connectivity index (χ0n) is 12.5. The molecule has 1 aliphatic rings. The van der Waals surface area contributed by atoms with Crippen LogP contribution in [-0.4, -0.2) is 40.5 Å². The Hall–Kier alpha value is -2.42. The van der Waals surface area contributed by atoms with E-state index in [4.69, 9.17) is 5.73 Å². The van der Waals surface area contributed by atoms with Crippen LogP contribution in [-0.2, 0) is 0 Å². The molecule has 1 fully saturated rings. The molecule has 0 aliphatic carbocycles. The first-order valence-corrected chi connectivity index (χ1v) is 8.34. The summed E-state index contributed by atoms with van der Waals surface area (Å²) in [5, 5.41) is 4.66. The van der Waals surface area contributed by atoms with Crippen molar-refractivity contribution in [3.63, 3.8) is 0 Å². The summed E-state index contributed by atoms with van der Waals surface area (Å²) in [6.45, 7) is 2.20. The fourth-order valence-corrected chi connectivity index (χ4v) is 3.18. The lowest BCUT2D eigenvalue weighted by Gasteiger charge is -2.32. The van der Waals surface area contributed by atoms with Gasteiger partial charge in [-0.3, -0.25) is 14.6 Å². The van der Waals surface area contributed by atoms with E-state index in [1.807, 2.05) is 4.90 Å². The number of piperidine rings is 1. The maximum atomic E-state index is 11.9. The predicted molar refractivity (Wildman–Crippen MR) is 88.7 cm³/mol. The highest BCUT2D eigenvalue weighted by molar-refractivity contribution is 7.07. The molecule has 23 heavy (non-hydrogen) atoms. The Labute approximate surface area is 136 Å². The van der Waals surface area contributed by atoms with Gasteiger partial charge in [-0.1, -0.05) is 0 Å². The number of H-pyrrole nitrogens is 1. The van der Waals surface area contributed by atoms with Gasteiger partial charge in [0, 0.05) is 31.1 Å². The van der Waals surface area contributed by atoms with Crippen molar-refractivity contribution in [1.29, 1.82) is 0 Å². The van der Waals surface area contributed by atoms with Crippen LogP contribution in [0.2, 0.25) is 0 Å². The summed E-state index contributed by atoms with van der Waals surface area (Å²) < 4.78 is 0. The summed E-state index contributed by atoms with van der Waals surface area (Å²) in [4.78, 5) is 36.0. The van der Waals surface area contributed by atoms with E-state index in [2.05, 4.69) is 20.3 Å². The van der Waals surface area contributed by atoms with Gasteiger partial charge in [-0.05, 0) is 18.8 Å². The molecule has 0 radical (unpaired) electrons. The molecule has 0 unspecified atom stereocenters. The van der Waals surface area contributed by atoms with Crippen molar-refractivity contribution in [2.45, 2.75) is 12.8 Å². The van der Waals surface area contributed by atoms with Crippen molar-refractivity contribution in [3.05, 3.63) is 33.0 Å². The highest BCUT2D eigenvalue weighted by Gasteiger charge is 2.21. The van der Waals surface area contributed by atoms with Gasteiger partial charge in [-0.25, -0.2) is 4.98 Å². The van der Waals surface area contributed by atoms with Gasteiger partial charge in [0.25, 0.3) is 11.5 Å². The van der Waals surface area contributed by atoms with E-state index in [9.17, 15) is 9.59 Å². The number of hydrogen-bond donors (Lipinski definition) is 3. The van der Waals surface area contributed by atoms with Crippen LogP contribution in [0.1, 0.15) is 23.3 Å². The summed E-state index contributed by atoms with van der Waals surface area (Å²) >= 11 is 1.41. The van der Waals surface area contributed by atoms with Gasteiger partial charge in [-0.15, -0.1) is 11.3 Å². The monoisotopic (exact) mass is 334 g/mol. The average Bonchev–Trinajstić information content (AvgIpc) is 3.07. The molecule has 0 saturated carbocycles. The molecule has 0 aromatic carbocycles. The van der Waals surface area contributed by atoms with E-state index in [0.29, 0.717) is 24.0 Å². The molecule has 0 bridgehead atoms. The van der Waals surface area contributed by atoms with E-state index in [1.54, 1.807) is 10.9 Å². The number of carbonyl (C=O) groups is 1. The number of nitrogens with two attached hydrogens (primary N) is 1. The van der Waals surface area contributed by atoms with Crippen molar-refractivity contribution >= 4 is 29.0 Å². The second-order valence-corrected chi connectivity index (χ2v) is 6.22. The fourth-order valence-electron chi connectivity index (χ4n) is 2.64. The fraction of sp³-hybridized carbons (Fsp3) is 0.429. The zero-order chi connectivity index (χ0) is 16.2. The minimum Gasteiger partial charge on any atom is -0.369 e. The molecule has 0 atom stereocenters. The highest BCUT2D eigenvalue weighted by Crippen LogP contribution is 2.20. The van der Waals surface area contributed by atoms with Crippen LogP contribution >= 0.6 is 11.3 Å². The minimum absolute atomic E-state index is 0.127. The van der Waals surface area contributed by atoms with Crippen LogP contribution in [0.5, 0.6) is 0 Å². The van der Waals surface area contributed by atoms with E-state index in [0.717, 1.165) is 25.9 Å². The maximum Gasteiger partial charge on any atom is 0.270 e. The molecule has 8 nitrogen and oxygen atoms in total. The number of aromatic amines is 1. The number of hydrogen-bond acceptors (Lipinski definition) is 7. The molecular formula is C14H18N6O2S. The van der Waals surface area contributed by atoms with Crippen LogP contribution in [0.3, 0.4) is 0 Å². The van der Waals surface area contributed by atoms with E-state index >= 15 is 0 Å². The third-order valence-electron chi connectivity index (χ3n) is 3.90. The summed E-state index contributed by atoms with van der Waals surface area (Å²) in [6.07, 6.45) is 1.84. The number of carbonyl (C=O) groups excluding carboxylic acids is 1. The van der Waals surface area contributed by atoms with Crippen molar-refractivity contribution in [1.82, 2.24) is 20.3 Å². The molecule has 2 aromatic heterocycles.